The molecule has 2 aromatic rings. The van der Waals surface area contributed by atoms with E-state index in [4.69, 9.17) is 0 Å². The molecule has 98 valence electrons. The van der Waals surface area contributed by atoms with Gasteiger partial charge in [0.15, 0.2) is 5.16 Å². The molecule has 2 aromatic heterocycles. The summed E-state index contributed by atoms with van der Waals surface area (Å²) in [7, 11) is 0. The number of aromatic nitrogens is 3. The van der Waals surface area contributed by atoms with Gasteiger partial charge in [0.1, 0.15) is 0 Å². The second-order valence-corrected chi connectivity index (χ2v) is 5.12. The summed E-state index contributed by atoms with van der Waals surface area (Å²) in [6.45, 7) is 5.39. The van der Waals surface area contributed by atoms with Gasteiger partial charge in [0.2, 0.25) is 0 Å². The molecule has 0 amide bonds. The van der Waals surface area contributed by atoms with Gasteiger partial charge in [-0.3, -0.25) is 4.98 Å². The van der Waals surface area contributed by atoms with E-state index in [1.54, 1.807) is 25.3 Å². The second kappa shape index (κ2) is 5.36. The Hall–Kier alpha value is -1.95. The first-order valence-corrected chi connectivity index (χ1v) is 6.48. The highest BCUT2D eigenvalue weighted by atomic mass is 32.2. The van der Waals surface area contributed by atoms with Crippen LogP contribution in [-0.2, 0) is 0 Å². The van der Waals surface area contributed by atoms with Crippen LogP contribution in [0.5, 0.6) is 0 Å². The Balaban J connectivity index is 2.47. The molecule has 2 heterocycles. The summed E-state index contributed by atoms with van der Waals surface area (Å²) in [5.74, 6) is -0.986. The quantitative estimate of drug-likeness (QED) is 0.868. The maximum Gasteiger partial charge on any atom is 0.338 e. The predicted octanol–water partition coefficient (Wildman–Crippen LogP) is 2.65. The highest BCUT2D eigenvalue weighted by Crippen LogP contribution is 2.29. The average Bonchev–Trinajstić information content (AvgIpc) is 2.26. The average molecular weight is 275 g/mol. The fraction of sp³-hybridized carbons (Fsp3) is 0.231. The molecule has 0 aromatic carbocycles. The van der Waals surface area contributed by atoms with Crippen LogP contribution in [-0.4, -0.2) is 26.0 Å². The third kappa shape index (κ3) is 3.08. The summed E-state index contributed by atoms with van der Waals surface area (Å²) in [6.07, 6.45) is 1.66. The molecule has 5 nitrogen and oxygen atoms in total. The summed E-state index contributed by atoms with van der Waals surface area (Å²) in [4.78, 5) is 24.5. The van der Waals surface area contributed by atoms with E-state index >= 15 is 0 Å². The Morgan fingerprint density at radius 3 is 2.58 bits per heavy atom. The van der Waals surface area contributed by atoms with Crippen molar-refractivity contribution in [3.8, 4) is 0 Å². The van der Waals surface area contributed by atoms with Crippen molar-refractivity contribution in [1.82, 2.24) is 15.0 Å². The first kappa shape index (κ1) is 13.5. The van der Waals surface area contributed by atoms with Crippen LogP contribution in [0.3, 0.4) is 0 Å². The van der Waals surface area contributed by atoms with Crippen LogP contribution in [0.15, 0.2) is 28.4 Å². The van der Waals surface area contributed by atoms with Crippen molar-refractivity contribution in [2.24, 2.45) is 0 Å². The van der Waals surface area contributed by atoms with Crippen LogP contribution in [0, 0.1) is 20.8 Å². The van der Waals surface area contributed by atoms with Gasteiger partial charge in [-0.2, -0.15) is 0 Å². The molecule has 0 atom stereocenters. The van der Waals surface area contributed by atoms with Crippen LogP contribution >= 0.6 is 11.8 Å². The van der Waals surface area contributed by atoms with Crippen molar-refractivity contribution >= 4 is 17.7 Å². The number of aryl methyl sites for hydroxylation is 3. The molecule has 6 heteroatoms. The fourth-order valence-corrected chi connectivity index (χ4v) is 2.77. The monoisotopic (exact) mass is 275 g/mol. The van der Waals surface area contributed by atoms with Gasteiger partial charge in [-0.25, -0.2) is 14.8 Å². The molecule has 0 aliphatic rings. The summed E-state index contributed by atoms with van der Waals surface area (Å²) in [5.41, 5.74) is 2.33. The number of rotatable bonds is 3. The maximum atomic E-state index is 11.3. The van der Waals surface area contributed by atoms with Crippen molar-refractivity contribution in [3.05, 3.63) is 41.0 Å². The van der Waals surface area contributed by atoms with E-state index in [2.05, 4.69) is 15.0 Å². The first-order chi connectivity index (χ1) is 8.97. The van der Waals surface area contributed by atoms with Crippen LogP contribution in [0.1, 0.15) is 27.4 Å². The number of carboxylic acid groups (broad SMARTS) is 1. The third-order valence-corrected chi connectivity index (χ3v) is 3.40. The molecule has 0 bridgehead atoms. The molecule has 0 saturated carbocycles. The van der Waals surface area contributed by atoms with E-state index < -0.39 is 5.97 Å². The Labute approximate surface area is 115 Å². The molecule has 0 unspecified atom stereocenters. The van der Waals surface area contributed by atoms with Crippen LogP contribution in [0.2, 0.25) is 0 Å². The lowest BCUT2D eigenvalue weighted by molar-refractivity contribution is 0.0691. The number of pyridine rings is 1. The molecule has 0 saturated heterocycles. The van der Waals surface area contributed by atoms with Crippen LogP contribution in [0.4, 0.5) is 0 Å². The topological polar surface area (TPSA) is 76.0 Å². The smallest absolute Gasteiger partial charge is 0.338 e. The second-order valence-electron chi connectivity index (χ2n) is 4.11. The SMILES string of the molecule is Cc1ccnc(Sc2cc(C)nc(C)c2C(=O)O)n1. The van der Waals surface area contributed by atoms with Crippen molar-refractivity contribution in [2.75, 3.05) is 0 Å². The van der Waals surface area contributed by atoms with Gasteiger partial charge >= 0.3 is 5.97 Å². The number of carboxylic acids is 1. The van der Waals surface area contributed by atoms with Gasteiger partial charge in [-0.05, 0) is 44.7 Å². The first-order valence-electron chi connectivity index (χ1n) is 5.66. The van der Waals surface area contributed by atoms with E-state index in [-0.39, 0.29) is 5.56 Å². The van der Waals surface area contributed by atoms with Crippen molar-refractivity contribution in [3.63, 3.8) is 0 Å². The minimum Gasteiger partial charge on any atom is -0.478 e. The van der Waals surface area contributed by atoms with E-state index in [9.17, 15) is 9.90 Å². The third-order valence-electron chi connectivity index (χ3n) is 2.48. The van der Waals surface area contributed by atoms with Gasteiger partial charge in [0.05, 0.1) is 11.3 Å². The zero-order valence-corrected chi connectivity index (χ0v) is 11.7. The lowest BCUT2D eigenvalue weighted by atomic mass is 10.2. The van der Waals surface area contributed by atoms with Crippen molar-refractivity contribution < 1.29 is 9.90 Å². The number of nitrogens with zero attached hydrogens (tertiary/aromatic N) is 3. The Morgan fingerprint density at radius 1 is 1.21 bits per heavy atom. The molecule has 0 spiro atoms. The highest BCUT2D eigenvalue weighted by molar-refractivity contribution is 7.99. The Morgan fingerprint density at radius 2 is 1.95 bits per heavy atom. The highest BCUT2D eigenvalue weighted by Gasteiger charge is 2.17. The Bertz CT molecular complexity index is 644. The molecule has 19 heavy (non-hydrogen) atoms. The molecular weight excluding hydrogens is 262 g/mol. The van der Waals surface area contributed by atoms with Gasteiger partial charge in [0.25, 0.3) is 0 Å². The molecular formula is C13H13N3O2S. The lowest BCUT2D eigenvalue weighted by Gasteiger charge is -2.08. The van der Waals surface area contributed by atoms with Crippen molar-refractivity contribution in [1.29, 1.82) is 0 Å². The van der Waals surface area contributed by atoms with Crippen LogP contribution < -0.4 is 0 Å². The summed E-state index contributed by atoms with van der Waals surface area (Å²) in [6, 6.07) is 3.54. The van der Waals surface area contributed by atoms with E-state index in [0.717, 1.165) is 11.4 Å². The van der Waals surface area contributed by atoms with Crippen molar-refractivity contribution in [2.45, 2.75) is 30.8 Å². The normalized spacial score (nSPS) is 10.5. The minimum absolute atomic E-state index is 0.209. The largest absolute Gasteiger partial charge is 0.478 e. The summed E-state index contributed by atoms with van der Waals surface area (Å²) < 4.78 is 0. The molecule has 0 radical (unpaired) electrons. The standard InChI is InChI=1S/C13H13N3O2S/c1-7-4-5-14-13(16-7)19-10-6-8(2)15-9(3)11(10)12(17)18/h4-6H,1-3H3,(H,17,18). The zero-order valence-electron chi connectivity index (χ0n) is 10.8. The number of carbonyl (C=O) groups is 1. The minimum atomic E-state index is -0.986. The van der Waals surface area contributed by atoms with Crippen LogP contribution in [0.25, 0.3) is 0 Å². The van der Waals surface area contributed by atoms with E-state index in [0.29, 0.717) is 15.7 Å². The Kier molecular flexibility index (Phi) is 3.80. The lowest BCUT2D eigenvalue weighted by Crippen LogP contribution is -2.05. The van der Waals surface area contributed by atoms with Gasteiger partial charge in [0, 0.05) is 22.5 Å². The van der Waals surface area contributed by atoms with Gasteiger partial charge < -0.3 is 5.11 Å². The molecule has 1 N–H and O–H groups in total. The molecule has 0 aliphatic heterocycles. The predicted molar refractivity (Wildman–Crippen MR) is 71.6 cm³/mol. The van der Waals surface area contributed by atoms with E-state index in [1.807, 2.05) is 13.8 Å². The zero-order chi connectivity index (χ0) is 14.0. The number of hydrogen-bond donors (Lipinski definition) is 1. The van der Waals surface area contributed by atoms with Gasteiger partial charge in [-0.15, -0.1) is 0 Å². The number of aromatic carboxylic acids is 1. The van der Waals surface area contributed by atoms with E-state index in [1.165, 1.54) is 11.8 Å². The molecule has 2 rings (SSSR count). The molecule has 0 fully saturated rings. The number of hydrogen-bond acceptors (Lipinski definition) is 5. The van der Waals surface area contributed by atoms with Gasteiger partial charge in [-0.1, -0.05) is 0 Å². The maximum absolute atomic E-state index is 11.3. The summed E-state index contributed by atoms with van der Waals surface area (Å²) >= 11 is 1.24. The fourth-order valence-electron chi connectivity index (χ4n) is 1.71. The molecule has 0 aliphatic carbocycles. The summed E-state index contributed by atoms with van der Waals surface area (Å²) in [5, 5.41) is 9.81.